The van der Waals surface area contributed by atoms with Gasteiger partial charge in [0, 0.05) is 12.6 Å². The van der Waals surface area contributed by atoms with Gasteiger partial charge in [0.25, 0.3) is 5.91 Å². The van der Waals surface area contributed by atoms with Crippen molar-refractivity contribution in [1.29, 1.82) is 0 Å². The average molecular weight is 291 g/mol. The van der Waals surface area contributed by atoms with E-state index in [2.05, 4.69) is 22.6 Å². The number of rotatable bonds is 2. The summed E-state index contributed by atoms with van der Waals surface area (Å²) < 4.78 is 1.89. The van der Waals surface area contributed by atoms with Gasteiger partial charge in [-0.15, -0.1) is 5.10 Å². The van der Waals surface area contributed by atoms with Crippen molar-refractivity contribution in [3.63, 3.8) is 0 Å². The van der Waals surface area contributed by atoms with Crippen LogP contribution < -0.4 is 5.32 Å². The Morgan fingerprint density at radius 3 is 2.86 bits per heavy atom. The smallest absolute Gasteiger partial charge is 0.276 e. The van der Waals surface area contributed by atoms with Crippen LogP contribution >= 0.6 is 0 Å². The molecule has 3 heterocycles. The number of amides is 1. The van der Waals surface area contributed by atoms with Gasteiger partial charge in [-0.2, -0.15) is 0 Å². The number of likely N-dealkylation sites (tertiary alicyclic amines) is 1. The zero-order valence-corrected chi connectivity index (χ0v) is 12.8. The van der Waals surface area contributed by atoms with Crippen LogP contribution in [-0.2, 0) is 0 Å². The molecule has 0 radical (unpaired) electrons. The molecule has 116 valence electrons. The monoisotopic (exact) mass is 291 g/mol. The lowest BCUT2D eigenvalue weighted by molar-refractivity contribution is 0.0691. The molecule has 1 amide bonds. The van der Waals surface area contributed by atoms with Crippen molar-refractivity contribution in [1.82, 2.24) is 25.2 Å². The molecule has 0 aromatic carbocycles. The molecule has 2 fully saturated rings. The molecule has 1 atom stereocenters. The summed E-state index contributed by atoms with van der Waals surface area (Å²) in [5.41, 5.74) is 0.502. The fraction of sp³-hybridized carbons (Fsp3) is 0.800. The lowest BCUT2D eigenvalue weighted by Gasteiger charge is -2.26. The number of nitrogens with one attached hydrogen (secondary N) is 1. The third kappa shape index (κ3) is 3.26. The molecule has 1 N–H and O–H groups in total. The Kier molecular flexibility index (Phi) is 4.53. The molecule has 1 aromatic rings. The zero-order valence-electron chi connectivity index (χ0n) is 12.8. The topological polar surface area (TPSA) is 63.1 Å². The molecule has 2 aliphatic heterocycles. The third-order valence-corrected chi connectivity index (χ3v) is 4.73. The Morgan fingerprint density at radius 2 is 2.05 bits per heavy atom. The highest BCUT2D eigenvalue weighted by Crippen LogP contribution is 2.20. The molecule has 0 saturated carbocycles. The Balaban J connectivity index is 1.70. The van der Waals surface area contributed by atoms with Gasteiger partial charge in [-0.25, -0.2) is 4.68 Å². The number of piperidine rings is 1. The molecule has 6 nitrogen and oxygen atoms in total. The van der Waals surface area contributed by atoms with Crippen molar-refractivity contribution in [2.24, 2.45) is 0 Å². The van der Waals surface area contributed by atoms with Crippen molar-refractivity contribution < 1.29 is 4.79 Å². The standard InChI is InChI=1S/C15H25N5O/c1-12-5-3-2-4-10-19(12)15(21)14-11-20(18-17-14)13-6-8-16-9-7-13/h11-13,16H,2-10H2,1H3. The zero-order chi connectivity index (χ0) is 14.7. The highest BCUT2D eigenvalue weighted by atomic mass is 16.2. The van der Waals surface area contributed by atoms with Gasteiger partial charge in [-0.05, 0) is 45.7 Å². The minimum Gasteiger partial charge on any atom is -0.335 e. The maximum Gasteiger partial charge on any atom is 0.276 e. The van der Waals surface area contributed by atoms with Crippen LogP contribution in [0.4, 0.5) is 0 Å². The molecule has 6 heteroatoms. The Bertz CT molecular complexity index is 480. The van der Waals surface area contributed by atoms with E-state index in [-0.39, 0.29) is 5.91 Å². The number of hydrogen-bond acceptors (Lipinski definition) is 4. The lowest BCUT2D eigenvalue weighted by Crippen LogP contribution is -2.38. The van der Waals surface area contributed by atoms with Crippen molar-refractivity contribution in [2.45, 2.75) is 57.5 Å². The minimum absolute atomic E-state index is 0.0459. The van der Waals surface area contributed by atoms with E-state index in [1.165, 1.54) is 12.8 Å². The first-order valence-electron chi connectivity index (χ1n) is 8.19. The first kappa shape index (κ1) is 14.5. The quantitative estimate of drug-likeness (QED) is 0.899. The predicted molar refractivity (Wildman–Crippen MR) is 80.1 cm³/mol. The summed E-state index contributed by atoms with van der Waals surface area (Å²) in [6.07, 6.45) is 8.57. The summed E-state index contributed by atoms with van der Waals surface area (Å²) in [5.74, 6) is 0.0459. The van der Waals surface area contributed by atoms with Gasteiger partial charge >= 0.3 is 0 Å². The van der Waals surface area contributed by atoms with Crippen LogP contribution in [0.1, 0.15) is 62.0 Å². The lowest BCUT2D eigenvalue weighted by atomic mass is 10.1. The van der Waals surface area contributed by atoms with Gasteiger partial charge in [0.1, 0.15) is 0 Å². The normalized spacial score (nSPS) is 24.8. The number of nitrogens with zero attached hydrogens (tertiary/aromatic N) is 4. The van der Waals surface area contributed by atoms with Crippen LogP contribution in [-0.4, -0.2) is 51.5 Å². The van der Waals surface area contributed by atoms with Crippen LogP contribution in [0.25, 0.3) is 0 Å². The SMILES string of the molecule is CC1CCCCCN1C(=O)c1cn(C2CCNCC2)nn1. The molecule has 2 aliphatic rings. The Hall–Kier alpha value is -1.43. The number of carbonyl (C=O) groups excluding carboxylic acids is 1. The number of carbonyl (C=O) groups is 1. The summed E-state index contributed by atoms with van der Waals surface area (Å²) >= 11 is 0. The molecule has 1 unspecified atom stereocenters. The van der Waals surface area contributed by atoms with E-state index in [0.717, 1.165) is 45.3 Å². The van der Waals surface area contributed by atoms with Gasteiger partial charge in [0.15, 0.2) is 5.69 Å². The summed E-state index contributed by atoms with van der Waals surface area (Å²) in [4.78, 5) is 14.6. The van der Waals surface area contributed by atoms with E-state index in [4.69, 9.17) is 0 Å². The predicted octanol–water partition coefficient (Wildman–Crippen LogP) is 1.61. The van der Waals surface area contributed by atoms with Crippen LogP contribution in [0.2, 0.25) is 0 Å². The first-order valence-corrected chi connectivity index (χ1v) is 8.19. The van der Waals surface area contributed by atoms with Crippen LogP contribution in [0.3, 0.4) is 0 Å². The highest BCUT2D eigenvalue weighted by molar-refractivity contribution is 5.92. The molecule has 21 heavy (non-hydrogen) atoms. The molecule has 0 bridgehead atoms. The summed E-state index contributed by atoms with van der Waals surface area (Å²) in [6, 6.07) is 0.686. The van der Waals surface area contributed by atoms with E-state index in [9.17, 15) is 4.79 Å². The highest BCUT2D eigenvalue weighted by Gasteiger charge is 2.26. The number of hydrogen-bond donors (Lipinski definition) is 1. The second-order valence-corrected chi connectivity index (χ2v) is 6.26. The maximum atomic E-state index is 12.7. The molecule has 2 saturated heterocycles. The van der Waals surface area contributed by atoms with Gasteiger partial charge in [0.2, 0.25) is 0 Å². The van der Waals surface area contributed by atoms with Crippen LogP contribution in [0.5, 0.6) is 0 Å². The van der Waals surface area contributed by atoms with Crippen LogP contribution in [0.15, 0.2) is 6.20 Å². The van der Waals surface area contributed by atoms with E-state index < -0.39 is 0 Å². The van der Waals surface area contributed by atoms with Gasteiger partial charge in [0.05, 0.1) is 12.2 Å². The maximum absolute atomic E-state index is 12.7. The Morgan fingerprint density at radius 1 is 1.24 bits per heavy atom. The van der Waals surface area contributed by atoms with Gasteiger partial charge < -0.3 is 10.2 Å². The fourth-order valence-electron chi connectivity index (χ4n) is 3.35. The summed E-state index contributed by atoms with van der Waals surface area (Å²) in [5, 5.41) is 11.7. The summed E-state index contributed by atoms with van der Waals surface area (Å²) in [7, 11) is 0. The van der Waals surface area contributed by atoms with Crippen molar-refractivity contribution >= 4 is 5.91 Å². The molecular formula is C15H25N5O. The molecule has 1 aromatic heterocycles. The third-order valence-electron chi connectivity index (χ3n) is 4.73. The molecule has 0 aliphatic carbocycles. The van der Waals surface area contributed by atoms with E-state index in [1.54, 1.807) is 0 Å². The first-order chi connectivity index (χ1) is 10.3. The summed E-state index contributed by atoms with van der Waals surface area (Å²) in [6.45, 7) is 5.01. The van der Waals surface area contributed by atoms with Crippen molar-refractivity contribution in [3.05, 3.63) is 11.9 Å². The fourth-order valence-corrected chi connectivity index (χ4v) is 3.35. The molecule has 0 spiro atoms. The van der Waals surface area contributed by atoms with E-state index >= 15 is 0 Å². The average Bonchev–Trinajstić information content (AvgIpc) is 2.91. The molecule has 3 rings (SSSR count). The van der Waals surface area contributed by atoms with E-state index in [0.29, 0.717) is 17.8 Å². The molecular weight excluding hydrogens is 266 g/mol. The van der Waals surface area contributed by atoms with Gasteiger partial charge in [-0.3, -0.25) is 4.79 Å². The Labute approximate surface area is 125 Å². The minimum atomic E-state index is 0.0459. The van der Waals surface area contributed by atoms with Crippen molar-refractivity contribution in [3.8, 4) is 0 Å². The van der Waals surface area contributed by atoms with Crippen LogP contribution in [0, 0.1) is 0 Å². The van der Waals surface area contributed by atoms with Gasteiger partial charge in [-0.1, -0.05) is 18.1 Å². The second-order valence-electron chi connectivity index (χ2n) is 6.26. The number of aromatic nitrogens is 3. The second kappa shape index (κ2) is 6.56. The van der Waals surface area contributed by atoms with Crippen molar-refractivity contribution in [2.75, 3.05) is 19.6 Å². The largest absolute Gasteiger partial charge is 0.335 e. The van der Waals surface area contributed by atoms with E-state index in [1.807, 2.05) is 15.8 Å².